The van der Waals surface area contributed by atoms with Crippen LogP contribution in [0.2, 0.25) is 5.02 Å². The van der Waals surface area contributed by atoms with Gasteiger partial charge in [-0.25, -0.2) is 4.79 Å². The molecule has 0 bridgehead atoms. The van der Waals surface area contributed by atoms with E-state index >= 15 is 0 Å². The molecule has 2 amide bonds. The lowest BCUT2D eigenvalue weighted by atomic mass is 10.1. The first-order valence-corrected chi connectivity index (χ1v) is 8.35. The fourth-order valence-electron chi connectivity index (χ4n) is 2.19. The molecule has 0 unspecified atom stereocenters. The van der Waals surface area contributed by atoms with E-state index < -0.39 is 24.4 Å². The summed E-state index contributed by atoms with van der Waals surface area (Å²) in [5.41, 5.74) is 5.23. The van der Waals surface area contributed by atoms with E-state index in [4.69, 9.17) is 25.5 Å². The monoisotopic (exact) mass is 394 g/mol. The normalized spacial score (nSPS) is 10.2. The first kappa shape index (κ1) is 20.3. The summed E-state index contributed by atoms with van der Waals surface area (Å²) in [6.07, 6.45) is 0. The van der Waals surface area contributed by atoms with Gasteiger partial charge in [0.05, 0.1) is 0 Å². The highest BCUT2D eigenvalue weighted by atomic mass is 35.5. The first-order valence-electron chi connectivity index (χ1n) is 7.97. The van der Waals surface area contributed by atoms with E-state index in [1.807, 2.05) is 0 Å². The van der Waals surface area contributed by atoms with Crippen molar-refractivity contribution in [1.82, 2.24) is 10.9 Å². The van der Waals surface area contributed by atoms with Crippen molar-refractivity contribution >= 4 is 29.4 Å². The lowest BCUT2D eigenvalue weighted by Crippen LogP contribution is -2.45. The van der Waals surface area contributed by atoms with Gasteiger partial charge in [0.15, 0.2) is 13.2 Å². The lowest BCUT2D eigenvalue weighted by Gasteiger charge is -2.09. The van der Waals surface area contributed by atoms with Gasteiger partial charge in [-0.1, -0.05) is 11.6 Å². The number of aryl methyl sites for hydroxylation is 2. The third-order valence-corrected chi connectivity index (χ3v) is 3.88. The van der Waals surface area contributed by atoms with Crippen molar-refractivity contribution in [3.63, 3.8) is 0 Å². The summed E-state index contributed by atoms with van der Waals surface area (Å²) in [5.74, 6) is -0.467. The molecule has 1 heterocycles. The molecule has 0 aliphatic rings. The molecule has 0 fully saturated rings. The third kappa shape index (κ3) is 5.75. The van der Waals surface area contributed by atoms with Gasteiger partial charge in [-0.3, -0.25) is 20.4 Å². The molecule has 2 rings (SSSR count). The van der Waals surface area contributed by atoms with Crippen LogP contribution in [0.25, 0.3) is 0 Å². The standard InChI is InChI=1S/C18H19ClN2O6/c1-10-11(2)27-12(3)17(10)18(24)26-9-16(23)21-20-15(22)8-25-14-6-4-13(19)5-7-14/h4-7H,8-9H2,1-3H3,(H,20,22)(H,21,23). The molecule has 9 heteroatoms. The number of carbonyl (C=O) groups is 3. The van der Waals surface area contributed by atoms with E-state index in [0.717, 1.165) is 0 Å². The zero-order valence-corrected chi connectivity index (χ0v) is 15.8. The van der Waals surface area contributed by atoms with Crippen molar-refractivity contribution in [2.24, 2.45) is 0 Å². The minimum absolute atomic E-state index is 0.292. The van der Waals surface area contributed by atoms with Gasteiger partial charge >= 0.3 is 5.97 Å². The van der Waals surface area contributed by atoms with E-state index in [-0.39, 0.29) is 6.61 Å². The fraction of sp³-hybridized carbons (Fsp3) is 0.278. The van der Waals surface area contributed by atoms with Crippen molar-refractivity contribution in [1.29, 1.82) is 0 Å². The Balaban J connectivity index is 1.71. The van der Waals surface area contributed by atoms with Crippen LogP contribution in [0.15, 0.2) is 28.7 Å². The molecule has 8 nitrogen and oxygen atoms in total. The van der Waals surface area contributed by atoms with Gasteiger partial charge in [-0.15, -0.1) is 0 Å². The molecule has 0 aliphatic carbocycles. The van der Waals surface area contributed by atoms with Crippen molar-refractivity contribution in [3.8, 4) is 5.75 Å². The average molecular weight is 395 g/mol. The number of esters is 1. The highest BCUT2D eigenvalue weighted by Crippen LogP contribution is 2.21. The first-order chi connectivity index (χ1) is 12.8. The predicted molar refractivity (Wildman–Crippen MR) is 96.4 cm³/mol. The van der Waals surface area contributed by atoms with Crippen LogP contribution >= 0.6 is 11.6 Å². The molecule has 2 N–H and O–H groups in total. The van der Waals surface area contributed by atoms with Crippen LogP contribution in [0, 0.1) is 20.8 Å². The van der Waals surface area contributed by atoms with Gasteiger partial charge < -0.3 is 13.9 Å². The quantitative estimate of drug-likeness (QED) is 0.574. The summed E-state index contributed by atoms with van der Waals surface area (Å²) in [6.45, 7) is 4.23. The van der Waals surface area contributed by atoms with Crippen LogP contribution in [0.3, 0.4) is 0 Å². The van der Waals surface area contributed by atoms with Gasteiger partial charge in [-0.2, -0.15) is 0 Å². The summed E-state index contributed by atoms with van der Waals surface area (Å²) in [4.78, 5) is 35.4. The Morgan fingerprint density at radius 3 is 2.11 bits per heavy atom. The maximum atomic E-state index is 12.0. The van der Waals surface area contributed by atoms with Gasteiger partial charge in [-0.05, 0) is 45.0 Å². The molecule has 2 aromatic rings. The smallest absolute Gasteiger partial charge is 0.342 e. The third-order valence-electron chi connectivity index (χ3n) is 3.62. The van der Waals surface area contributed by atoms with E-state index in [2.05, 4.69) is 10.9 Å². The van der Waals surface area contributed by atoms with Crippen LogP contribution in [0.1, 0.15) is 27.4 Å². The largest absolute Gasteiger partial charge is 0.484 e. The number of rotatable bonds is 6. The van der Waals surface area contributed by atoms with E-state index in [0.29, 0.717) is 33.4 Å². The predicted octanol–water partition coefficient (Wildman–Crippen LogP) is 2.24. The van der Waals surface area contributed by atoms with E-state index in [1.54, 1.807) is 45.0 Å². The lowest BCUT2D eigenvalue weighted by molar-refractivity contribution is -0.131. The van der Waals surface area contributed by atoms with Gasteiger partial charge in [0.2, 0.25) is 0 Å². The van der Waals surface area contributed by atoms with E-state index in [1.165, 1.54) is 0 Å². The number of halogens is 1. The number of ether oxygens (including phenoxy) is 2. The highest BCUT2D eigenvalue weighted by Gasteiger charge is 2.20. The minimum atomic E-state index is -0.696. The second-order valence-electron chi connectivity index (χ2n) is 5.63. The van der Waals surface area contributed by atoms with Crippen molar-refractivity contribution in [2.75, 3.05) is 13.2 Å². The Morgan fingerprint density at radius 2 is 1.56 bits per heavy atom. The average Bonchev–Trinajstić information content (AvgIpc) is 2.89. The Bertz CT molecular complexity index is 844. The molecule has 0 aliphatic heterocycles. The van der Waals surface area contributed by atoms with Crippen LogP contribution in [0.4, 0.5) is 0 Å². The Kier molecular flexibility index (Phi) is 6.84. The topological polar surface area (TPSA) is 107 Å². The number of carbonyl (C=O) groups excluding carboxylic acids is 3. The molecule has 0 saturated heterocycles. The van der Waals surface area contributed by atoms with Crippen LogP contribution < -0.4 is 15.6 Å². The zero-order chi connectivity index (χ0) is 20.0. The highest BCUT2D eigenvalue weighted by molar-refractivity contribution is 6.30. The second-order valence-corrected chi connectivity index (χ2v) is 6.07. The maximum absolute atomic E-state index is 12.0. The van der Waals surface area contributed by atoms with Crippen molar-refractivity contribution in [2.45, 2.75) is 20.8 Å². The maximum Gasteiger partial charge on any atom is 0.342 e. The minimum Gasteiger partial charge on any atom is -0.484 e. The second kappa shape index (κ2) is 9.09. The van der Waals surface area contributed by atoms with Crippen LogP contribution in [-0.2, 0) is 14.3 Å². The number of hydrogen-bond acceptors (Lipinski definition) is 6. The SMILES string of the molecule is Cc1oc(C)c(C(=O)OCC(=O)NNC(=O)COc2ccc(Cl)cc2)c1C. The van der Waals surface area contributed by atoms with Gasteiger partial charge in [0.1, 0.15) is 22.8 Å². The summed E-state index contributed by atoms with van der Waals surface area (Å²) in [7, 11) is 0. The molecule has 0 saturated carbocycles. The molecule has 0 spiro atoms. The van der Waals surface area contributed by atoms with Crippen molar-refractivity contribution < 1.29 is 28.3 Å². The molecule has 144 valence electrons. The van der Waals surface area contributed by atoms with Gasteiger partial charge in [0.25, 0.3) is 11.8 Å². The summed E-state index contributed by atoms with van der Waals surface area (Å²) in [5, 5.41) is 0.546. The molecular weight excluding hydrogens is 376 g/mol. The van der Waals surface area contributed by atoms with Crippen LogP contribution in [-0.4, -0.2) is 31.0 Å². The van der Waals surface area contributed by atoms with Crippen molar-refractivity contribution in [3.05, 3.63) is 51.9 Å². The molecule has 27 heavy (non-hydrogen) atoms. The Labute approximate surface area is 160 Å². The number of hydrogen-bond donors (Lipinski definition) is 2. The molecule has 0 atom stereocenters. The van der Waals surface area contributed by atoms with E-state index in [9.17, 15) is 14.4 Å². The number of furan rings is 1. The molecule has 1 aromatic heterocycles. The zero-order valence-electron chi connectivity index (χ0n) is 15.1. The number of benzene rings is 1. The summed E-state index contributed by atoms with van der Waals surface area (Å²) >= 11 is 5.74. The molecule has 1 aromatic carbocycles. The van der Waals surface area contributed by atoms with Crippen LogP contribution in [0.5, 0.6) is 5.75 Å². The number of hydrazine groups is 1. The summed E-state index contributed by atoms with van der Waals surface area (Å²) in [6, 6.07) is 6.45. The number of nitrogens with one attached hydrogen (secondary N) is 2. The molecule has 0 radical (unpaired) electrons. The Morgan fingerprint density at radius 1 is 0.963 bits per heavy atom. The number of amides is 2. The summed E-state index contributed by atoms with van der Waals surface area (Å²) < 4.78 is 15.5. The van der Waals surface area contributed by atoms with Gasteiger partial charge in [0, 0.05) is 10.6 Å². The fourth-order valence-corrected chi connectivity index (χ4v) is 2.31. The Hall–Kier alpha value is -3.00. The molecular formula is C18H19ClN2O6.